The third-order valence-electron chi connectivity index (χ3n) is 0. The van der Waals surface area contributed by atoms with E-state index >= 15 is 0 Å². The van der Waals surface area contributed by atoms with Gasteiger partial charge >= 0.3 is 72.7 Å². The Hall–Kier alpha value is 2.14. The first-order valence-corrected chi connectivity index (χ1v) is 1.08. The van der Waals surface area contributed by atoms with Gasteiger partial charge in [-0.25, -0.2) is 0 Å². The molecule has 0 N–H and O–H groups in total. The van der Waals surface area contributed by atoms with Crippen molar-refractivity contribution in [3.8, 4) is 0 Å². The summed E-state index contributed by atoms with van der Waals surface area (Å²) in [5.74, 6) is 0. The zero-order chi connectivity index (χ0) is 2.00. The summed E-state index contributed by atoms with van der Waals surface area (Å²) in [7, 11) is 0. The first-order valence-electron chi connectivity index (χ1n) is 0.183. The molecule has 0 amide bonds. The quantitative estimate of drug-likeness (QED) is 0.378. The molecule has 0 aliphatic carbocycles. The van der Waals surface area contributed by atoms with Crippen molar-refractivity contribution in [2.24, 2.45) is 0 Å². The number of hydrogen-bond donors (Lipinski definition) is 0. The Balaban J connectivity index is -0.00000000500. The van der Waals surface area contributed by atoms with Gasteiger partial charge in [0.05, 0.1) is 0 Å². The summed E-state index contributed by atoms with van der Waals surface area (Å²) in [6, 6.07) is 0. The molecule has 0 aromatic heterocycles. The SMILES string of the molecule is [LiH].[NaH].[O]=[Nb]. The second-order valence-electron chi connectivity index (χ2n) is 0. The maximum absolute atomic E-state index is 8.30. The van der Waals surface area contributed by atoms with E-state index in [-0.39, 0.29) is 48.4 Å². The van der Waals surface area contributed by atoms with Crippen LogP contribution in [0.15, 0.2) is 0 Å². The first-order chi connectivity index (χ1) is 1.00. The van der Waals surface area contributed by atoms with Crippen LogP contribution in [0.4, 0.5) is 0 Å². The van der Waals surface area contributed by atoms with Crippen LogP contribution in [-0.2, 0) is 24.3 Å². The Morgan fingerprint density at radius 2 is 1.25 bits per heavy atom. The predicted molar refractivity (Wildman–Crippen MR) is 15.0 cm³/mol. The van der Waals surface area contributed by atoms with Gasteiger partial charge in [0.2, 0.25) is 0 Å². The topological polar surface area (TPSA) is 17.1 Å². The van der Waals surface area contributed by atoms with Crippen molar-refractivity contribution in [2.45, 2.75) is 0 Å². The third kappa shape index (κ3) is 8.91. The summed E-state index contributed by atoms with van der Waals surface area (Å²) in [5, 5.41) is 0. The van der Waals surface area contributed by atoms with E-state index in [0.29, 0.717) is 21.0 Å². The fraction of sp³-hybridized carbons (Fsp3) is 0. The molecule has 15 valence electrons. The van der Waals surface area contributed by atoms with Gasteiger partial charge in [0, 0.05) is 0 Å². The first kappa shape index (κ1) is 16.5. The van der Waals surface area contributed by atoms with Gasteiger partial charge in [-0.05, 0) is 0 Å². The average molecular weight is 141 g/mol. The second kappa shape index (κ2) is 19.2. The van der Waals surface area contributed by atoms with Crippen LogP contribution in [0.3, 0.4) is 0 Å². The van der Waals surface area contributed by atoms with Gasteiger partial charge in [-0.1, -0.05) is 0 Å². The third-order valence-corrected chi connectivity index (χ3v) is 0. The molecule has 0 aromatic rings. The molecule has 1 nitrogen and oxygen atoms in total. The molecular weight excluding hydrogens is 139 g/mol. The molecule has 0 radical (unpaired) electrons. The molecule has 0 unspecified atom stereocenters. The minimum absolute atomic E-state index is 0. The van der Waals surface area contributed by atoms with Gasteiger partial charge in [-0.2, -0.15) is 0 Å². The van der Waals surface area contributed by atoms with Crippen LogP contribution in [0.1, 0.15) is 0 Å². The fourth-order valence-corrected chi connectivity index (χ4v) is 0. The van der Waals surface area contributed by atoms with Gasteiger partial charge in [0.15, 0.2) is 0 Å². The molecule has 0 bridgehead atoms. The molecule has 0 rings (SSSR count). The predicted octanol–water partition coefficient (Wildman–Crippen LogP) is -1.42. The van der Waals surface area contributed by atoms with Crippen LogP contribution in [0.25, 0.3) is 0 Å². The van der Waals surface area contributed by atoms with E-state index in [0.717, 1.165) is 0 Å². The van der Waals surface area contributed by atoms with Crippen molar-refractivity contribution in [2.75, 3.05) is 0 Å². The summed E-state index contributed by atoms with van der Waals surface area (Å²) >= 11 is 0.500. The molecule has 0 aliphatic rings. The zero-order valence-electron chi connectivity index (χ0n) is 0.855. The van der Waals surface area contributed by atoms with Crippen LogP contribution in [0, 0.1) is 0 Å². The molecule has 0 atom stereocenters. The summed E-state index contributed by atoms with van der Waals surface area (Å²) in [6.45, 7) is 0. The molecular formula is H2LiNaNbO. The van der Waals surface area contributed by atoms with E-state index in [1.165, 1.54) is 0 Å². The Morgan fingerprint density at radius 1 is 1.25 bits per heavy atom. The molecule has 0 heterocycles. The maximum atomic E-state index is 8.30. The van der Waals surface area contributed by atoms with Crippen molar-refractivity contribution in [3.63, 3.8) is 0 Å². The van der Waals surface area contributed by atoms with Crippen LogP contribution in [0.2, 0.25) is 0 Å². The number of rotatable bonds is 0. The number of hydrogen-bond acceptors (Lipinski definition) is 1. The summed E-state index contributed by atoms with van der Waals surface area (Å²) in [6.07, 6.45) is 0. The Morgan fingerprint density at radius 3 is 1.25 bits per heavy atom. The normalized spacial score (nSPS) is 0.750. The molecule has 0 aromatic carbocycles. The molecule has 0 saturated carbocycles. The molecule has 4 heavy (non-hydrogen) atoms. The minimum atomic E-state index is 0. The molecule has 0 saturated heterocycles. The second-order valence-corrected chi connectivity index (χ2v) is 0. The van der Waals surface area contributed by atoms with E-state index in [9.17, 15) is 0 Å². The van der Waals surface area contributed by atoms with E-state index in [4.69, 9.17) is 3.25 Å². The van der Waals surface area contributed by atoms with Crippen LogP contribution < -0.4 is 0 Å². The van der Waals surface area contributed by atoms with E-state index in [1.807, 2.05) is 0 Å². The Labute approximate surface area is 71.6 Å². The van der Waals surface area contributed by atoms with Gasteiger partial charge in [-0.3, -0.25) is 0 Å². The van der Waals surface area contributed by atoms with Crippen molar-refractivity contribution in [1.82, 2.24) is 0 Å². The Bertz CT molecular complexity index is 8.00. The van der Waals surface area contributed by atoms with Crippen molar-refractivity contribution in [1.29, 1.82) is 0 Å². The van der Waals surface area contributed by atoms with Crippen molar-refractivity contribution >= 4 is 48.4 Å². The molecule has 0 fully saturated rings. The van der Waals surface area contributed by atoms with Gasteiger partial charge in [0.25, 0.3) is 0 Å². The summed E-state index contributed by atoms with van der Waals surface area (Å²) in [5.41, 5.74) is 0. The fourth-order valence-electron chi connectivity index (χ4n) is 0. The van der Waals surface area contributed by atoms with Crippen LogP contribution in [-0.4, -0.2) is 48.4 Å². The van der Waals surface area contributed by atoms with Crippen molar-refractivity contribution < 1.29 is 24.3 Å². The Kier molecular flexibility index (Phi) is 79.2. The summed E-state index contributed by atoms with van der Waals surface area (Å²) < 4.78 is 8.30. The van der Waals surface area contributed by atoms with Gasteiger partial charge in [-0.15, -0.1) is 0 Å². The van der Waals surface area contributed by atoms with E-state index in [2.05, 4.69) is 0 Å². The van der Waals surface area contributed by atoms with Gasteiger partial charge < -0.3 is 0 Å². The standard InChI is InChI=1S/Li.Na.Nb.O.2H. The van der Waals surface area contributed by atoms with E-state index < -0.39 is 0 Å². The van der Waals surface area contributed by atoms with Gasteiger partial charge in [0.1, 0.15) is 0 Å². The molecule has 0 spiro atoms. The summed E-state index contributed by atoms with van der Waals surface area (Å²) in [4.78, 5) is 0. The zero-order valence-corrected chi connectivity index (χ0v) is 3.05. The van der Waals surface area contributed by atoms with Crippen molar-refractivity contribution in [3.05, 3.63) is 0 Å². The monoisotopic (exact) mass is 141 g/mol. The molecule has 0 aliphatic heterocycles. The average Bonchev–Trinajstić information content (AvgIpc) is 1.00. The van der Waals surface area contributed by atoms with Crippen LogP contribution >= 0.6 is 0 Å². The molecule has 4 heteroatoms. The van der Waals surface area contributed by atoms with Crippen LogP contribution in [0.5, 0.6) is 0 Å². The van der Waals surface area contributed by atoms with E-state index in [1.54, 1.807) is 0 Å².